The lowest BCUT2D eigenvalue weighted by atomic mass is 9.99. The fourth-order valence-corrected chi connectivity index (χ4v) is 2.13. The Hall–Kier alpha value is 0.01000. The van der Waals surface area contributed by atoms with Gasteiger partial charge in [0.15, 0.2) is 0 Å². The van der Waals surface area contributed by atoms with E-state index in [0.29, 0.717) is 16.0 Å². The quantitative estimate of drug-likeness (QED) is 0.894. The minimum atomic E-state index is -0.513. The van der Waals surface area contributed by atoms with Crippen LogP contribution in [0.15, 0.2) is 18.2 Å². The van der Waals surface area contributed by atoms with Crippen LogP contribution in [-0.2, 0) is 0 Å². The summed E-state index contributed by atoms with van der Waals surface area (Å²) in [6, 6.07) is 4.88. The summed E-state index contributed by atoms with van der Waals surface area (Å²) in [6.45, 7) is 0. The molecule has 1 aliphatic rings. The predicted octanol–water partition coefficient (Wildman–Crippen LogP) is 3.19. The van der Waals surface area contributed by atoms with Crippen LogP contribution >= 0.6 is 35.6 Å². The van der Waals surface area contributed by atoms with Gasteiger partial charge >= 0.3 is 0 Å². The molecular formula is C11H14Cl3NO. The van der Waals surface area contributed by atoms with E-state index in [-0.39, 0.29) is 12.4 Å². The molecule has 0 saturated heterocycles. The molecule has 2 nitrogen and oxygen atoms in total. The van der Waals surface area contributed by atoms with Gasteiger partial charge in [-0.15, -0.1) is 12.4 Å². The van der Waals surface area contributed by atoms with E-state index in [1.807, 2.05) is 6.07 Å². The topological polar surface area (TPSA) is 46.2 Å². The Morgan fingerprint density at radius 3 is 2.50 bits per heavy atom. The lowest BCUT2D eigenvalue weighted by Gasteiger charge is -2.20. The van der Waals surface area contributed by atoms with Crippen molar-refractivity contribution in [1.29, 1.82) is 0 Å². The standard InChI is InChI=1S/C11H13Cl2NO.ClH/c12-8-3-1-2-7(9(8)13)10(14)11(15)6-4-5-6;/h1-3,6,10-11,15H,4-5,14H2;1H/t10-,11+;/m1./s1. The van der Waals surface area contributed by atoms with Crippen molar-refractivity contribution in [2.75, 3.05) is 0 Å². The van der Waals surface area contributed by atoms with Gasteiger partial charge in [0.25, 0.3) is 0 Å². The summed E-state index contributed by atoms with van der Waals surface area (Å²) in [5.41, 5.74) is 6.68. The zero-order valence-corrected chi connectivity index (χ0v) is 10.9. The van der Waals surface area contributed by atoms with Gasteiger partial charge in [0, 0.05) is 0 Å². The summed E-state index contributed by atoms with van der Waals surface area (Å²) in [4.78, 5) is 0. The first-order chi connectivity index (χ1) is 7.11. The molecule has 0 amide bonds. The summed E-state index contributed by atoms with van der Waals surface area (Å²) in [5.74, 6) is 0.329. The van der Waals surface area contributed by atoms with E-state index in [9.17, 15) is 5.11 Å². The van der Waals surface area contributed by atoms with Gasteiger partial charge in [-0.3, -0.25) is 0 Å². The molecule has 1 aliphatic carbocycles. The molecule has 0 radical (unpaired) electrons. The Balaban J connectivity index is 0.00000128. The number of halogens is 3. The van der Waals surface area contributed by atoms with Crippen molar-refractivity contribution in [2.24, 2.45) is 11.7 Å². The van der Waals surface area contributed by atoms with Crippen LogP contribution in [0.4, 0.5) is 0 Å². The van der Waals surface area contributed by atoms with Gasteiger partial charge < -0.3 is 10.8 Å². The van der Waals surface area contributed by atoms with Crippen molar-refractivity contribution >= 4 is 35.6 Å². The molecule has 90 valence electrons. The van der Waals surface area contributed by atoms with E-state index >= 15 is 0 Å². The number of hydrogen-bond acceptors (Lipinski definition) is 2. The molecule has 0 aromatic heterocycles. The number of benzene rings is 1. The number of nitrogens with two attached hydrogens (primary N) is 1. The van der Waals surface area contributed by atoms with E-state index in [2.05, 4.69) is 0 Å². The maximum atomic E-state index is 9.90. The Bertz CT molecular complexity index is 368. The van der Waals surface area contributed by atoms with E-state index in [4.69, 9.17) is 28.9 Å². The Morgan fingerprint density at radius 1 is 1.31 bits per heavy atom. The van der Waals surface area contributed by atoms with E-state index in [1.165, 1.54) is 0 Å². The normalized spacial score (nSPS) is 18.8. The highest BCUT2D eigenvalue weighted by Gasteiger charge is 2.35. The van der Waals surface area contributed by atoms with Gasteiger partial charge in [0.05, 0.1) is 22.2 Å². The van der Waals surface area contributed by atoms with Gasteiger partial charge in [0.2, 0.25) is 0 Å². The van der Waals surface area contributed by atoms with Crippen molar-refractivity contribution < 1.29 is 5.11 Å². The molecule has 2 atom stereocenters. The van der Waals surface area contributed by atoms with Crippen molar-refractivity contribution in [3.8, 4) is 0 Å². The second-order valence-electron chi connectivity index (χ2n) is 4.00. The fourth-order valence-electron chi connectivity index (χ4n) is 1.69. The van der Waals surface area contributed by atoms with Crippen LogP contribution in [0.1, 0.15) is 24.4 Å². The number of aliphatic hydroxyl groups is 1. The lowest BCUT2D eigenvalue weighted by Crippen LogP contribution is -2.28. The summed E-state index contributed by atoms with van der Waals surface area (Å²) in [5, 5.41) is 10.8. The zero-order chi connectivity index (χ0) is 11.0. The van der Waals surface area contributed by atoms with Crippen LogP contribution in [0.5, 0.6) is 0 Å². The average Bonchev–Trinajstić information content (AvgIpc) is 3.03. The molecule has 0 heterocycles. The molecule has 5 heteroatoms. The van der Waals surface area contributed by atoms with Crippen LogP contribution in [0.2, 0.25) is 10.0 Å². The van der Waals surface area contributed by atoms with Crippen molar-refractivity contribution in [1.82, 2.24) is 0 Å². The van der Waals surface area contributed by atoms with Gasteiger partial charge in [0.1, 0.15) is 0 Å². The summed E-state index contributed by atoms with van der Waals surface area (Å²) in [6.07, 6.45) is 1.58. The van der Waals surface area contributed by atoms with E-state index in [1.54, 1.807) is 12.1 Å². The lowest BCUT2D eigenvalue weighted by molar-refractivity contribution is 0.122. The Morgan fingerprint density at radius 2 is 1.94 bits per heavy atom. The zero-order valence-electron chi connectivity index (χ0n) is 8.57. The van der Waals surface area contributed by atoms with E-state index in [0.717, 1.165) is 18.4 Å². The van der Waals surface area contributed by atoms with Crippen molar-refractivity contribution in [2.45, 2.75) is 25.0 Å². The maximum Gasteiger partial charge on any atom is 0.0761 e. The van der Waals surface area contributed by atoms with E-state index < -0.39 is 12.1 Å². The molecule has 16 heavy (non-hydrogen) atoms. The minimum Gasteiger partial charge on any atom is -0.391 e. The number of hydrogen-bond donors (Lipinski definition) is 2. The molecule has 2 rings (SSSR count). The maximum absolute atomic E-state index is 9.90. The van der Waals surface area contributed by atoms with Crippen LogP contribution in [-0.4, -0.2) is 11.2 Å². The fraction of sp³-hybridized carbons (Fsp3) is 0.455. The van der Waals surface area contributed by atoms with Crippen LogP contribution < -0.4 is 5.73 Å². The first-order valence-corrected chi connectivity index (χ1v) is 5.74. The average molecular weight is 283 g/mol. The van der Waals surface area contributed by atoms with Crippen LogP contribution in [0.25, 0.3) is 0 Å². The van der Waals surface area contributed by atoms with Gasteiger partial charge in [-0.1, -0.05) is 35.3 Å². The number of aliphatic hydroxyl groups excluding tert-OH is 1. The highest BCUT2D eigenvalue weighted by molar-refractivity contribution is 6.42. The summed E-state index contributed by atoms with van der Waals surface area (Å²) in [7, 11) is 0. The second-order valence-corrected chi connectivity index (χ2v) is 4.78. The molecule has 0 unspecified atom stereocenters. The molecule has 1 saturated carbocycles. The predicted molar refractivity (Wildman–Crippen MR) is 69.4 cm³/mol. The molecular weight excluding hydrogens is 268 g/mol. The molecule has 1 aromatic rings. The SMILES string of the molecule is Cl.N[C@H](c1cccc(Cl)c1Cl)[C@@H](O)C1CC1. The molecule has 3 N–H and O–H groups in total. The molecule has 1 fully saturated rings. The Kier molecular flexibility index (Phi) is 4.89. The van der Waals surface area contributed by atoms with Crippen LogP contribution in [0.3, 0.4) is 0 Å². The van der Waals surface area contributed by atoms with Crippen LogP contribution in [0, 0.1) is 5.92 Å². The molecule has 0 aliphatic heterocycles. The molecule has 0 spiro atoms. The first-order valence-electron chi connectivity index (χ1n) is 4.99. The second kappa shape index (κ2) is 5.56. The molecule has 1 aromatic carbocycles. The summed E-state index contributed by atoms with van der Waals surface area (Å²) < 4.78 is 0. The minimum absolute atomic E-state index is 0. The third-order valence-corrected chi connectivity index (χ3v) is 3.65. The third kappa shape index (κ3) is 2.82. The largest absolute Gasteiger partial charge is 0.391 e. The summed E-state index contributed by atoms with van der Waals surface area (Å²) >= 11 is 11.9. The third-order valence-electron chi connectivity index (χ3n) is 2.81. The first kappa shape index (κ1) is 14.1. The highest BCUT2D eigenvalue weighted by atomic mass is 35.5. The van der Waals surface area contributed by atoms with Gasteiger partial charge in [-0.05, 0) is 30.4 Å². The highest BCUT2D eigenvalue weighted by Crippen LogP contribution is 2.39. The molecule has 0 bridgehead atoms. The van der Waals surface area contributed by atoms with Gasteiger partial charge in [-0.2, -0.15) is 0 Å². The van der Waals surface area contributed by atoms with Gasteiger partial charge in [-0.25, -0.2) is 0 Å². The Labute approximate surface area is 111 Å². The monoisotopic (exact) mass is 281 g/mol. The number of rotatable bonds is 3. The van der Waals surface area contributed by atoms with Crippen molar-refractivity contribution in [3.05, 3.63) is 33.8 Å². The smallest absolute Gasteiger partial charge is 0.0761 e. The van der Waals surface area contributed by atoms with Crippen molar-refractivity contribution in [3.63, 3.8) is 0 Å².